The van der Waals surface area contributed by atoms with Crippen LogP contribution in [0.2, 0.25) is 0 Å². The van der Waals surface area contributed by atoms with E-state index in [9.17, 15) is 10.1 Å². The highest BCUT2D eigenvalue weighted by atomic mass is 16.6. The molecule has 1 aromatic carbocycles. The second kappa shape index (κ2) is 5.99. The maximum atomic E-state index is 10.7. The van der Waals surface area contributed by atoms with Crippen molar-refractivity contribution in [3.05, 3.63) is 56.9 Å². The van der Waals surface area contributed by atoms with Crippen molar-refractivity contribution in [3.63, 3.8) is 0 Å². The number of aromatic nitrogens is 1. The third-order valence-electron chi connectivity index (χ3n) is 3.88. The first-order valence-corrected chi connectivity index (χ1v) is 7.08. The molecule has 0 atom stereocenters. The van der Waals surface area contributed by atoms with Crippen molar-refractivity contribution in [1.82, 2.24) is 4.57 Å². The zero-order valence-electron chi connectivity index (χ0n) is 12.9. The lowest BCUT2D eigenvalue weighted by Gasteiger charge is -2.10. The van der Waals surface area contributed by atoms with E-state index in [1.807, 2.05) is 6.92 Å². The summed E-state index contributed by atoms with van der Waals surface area (Å²) in [7, 11) is 0. The van der Waals surface area contributed by atoms with E-state index in [0.717, 1.165) is 24.3 Å². The highest BCUT2D eigenvalue weighted by Crippen LogP contribution is 2.23. The van der Waals surface area contributed by atoms with Crippen LogP contribution in [-0.2, 0) is 13.1 Å². The van der Waals surface area contributed by atoms with Crippen LogP contribution < -0.4 is 5.32 Å². The van der Waals surface area contributed by atoms with Gasteiger partial charge in [0, 0.05) is 42.3 Å². The summed E-state index contributed by atoms with van der Waals surface area (Å²) in [6.07, 6.45) is 0. The van der Waals surface area contributed by atoms with Gasteiger partial charge in [-0.3, -0.25) is 10.1 Å². The monoisotopic (exact) mass is 287 g/mol. The van der Waals surface area contributed by atoms with Gasteiger partial charge in [0.2, 0.25) is 0 Å². The van der Waals surface area contributed by atoms with Crippen molar-refractivity contribution >= 4 is 11.4 Å². The van der Waals surface area contributed by atoms with Gasteiger partial charge in [0.05, 0.1) is 4.92 Å². The van der Waals surface area contributed by atoms with E-state index < -0.39 is 0 Å². The summed E-state index contributed by atoms with van der Waals surface area (Å²) in [5.74, 6) is 0. The van der Waals surface area contributed by atoms with E-state index in [1.165, 1.54) is 23.0 Å². The smallest absolute Gasteiger partial charge is 0.269 e. The quantitative estimate of drug-likeness (QED) is 0.669. The summed E-state index contributed by atoms with van der Waals surface area (Å²) in [5.41, 5.74) is 5.72. The Morgan fingerprint density at radius 1 is 1.24 bits per heavy atom. The molecule has 5 heteroatoms. The number of nitrogens with zero attached hydrogens (tertiary/aromatic N) is 2. The van der Waals surface area contributed by atoms with Crippen molar-refractivity contribution in [2.75, 3.05) is 5.32 Å². The summed E-state index contributed by atoms with van der Waals surface area (Å²) >= 11 is 0. The highest BCUT2D eigenvalue weighted by Gasteiger charge is 2.10. The predicted molar refractivity (Wildman–Crippen MR) is 84.7 cm³/mol. The molecule has 1 aromatic heterocycles. The molecule has 1 N–H and O–H groups in total. The van der Waals surface area contributed by atoms with Crippen molar-refractivity contribution in [3.8, 4) is 0 Å². The topological polar surface area (TPSA) is 60.1 Å². The van der Waals surface area contributed by atoms with E-state index in [2.05, 4.69) is 36.7 Å². The molecule has 5 nitrogen and oxygen atoms in total. The molecule has 0 saturated carbocycles. The molecular weight excluding hydrogens is 266 g/mol. The van der Waals surface area contributed by atoms with Gasteiger partial charge in [0.25, 0.3) is 5.69 Å². The Bertz CT molecular complexity index is 674. The Kier molecular flexibility index (Phi) is 4.31. The van der Waals surface area contributed by atoms with Gasteiger partial charge < -0.3 is 9.88 Å². The lowest BCUT2D eigenvalue weighted by Crippen LogP contribution is -2.04. The van der Waals surface area contributed by atoms with E-state index in [0.29, 0.717) is 0 Å². The van der Waals surface area contributed by atoms with Crippen molar-refractivity contribution < 1.29 is 4.92 Å². The van der Waals surface area contributed by atoms with Gasteiger partial charge in [0.15, 0.2) is 0 Å². The molecule has 2 rings (SSSR count). The molecule has 0 unspecified atom stereocenters. The minimum Gasteiger partial charge on any atom is -0.381 e. The number of non-ortho nitro benzene ring substituents is 1. The number of hydrogen-bond acceptors (Lipinski definition) is 3. The minimum absolute atomic E-state index is 0.127. The molecule has 1 heterocycles. The van der Waals surface area contributed by atoms with Gasteiger partial charge in [0.1, 0.15) is 0 Å². The molecule has 2 aromatic rings. The number of hydrogen-bond donors (Lipinski definition) is 1. The lowest BCUT2D eigenvalue weighted by molar-refractivity contribution is -0.384. The SMILES string of the molecule is CCn1c(C)cc(CNc2ccc([N+](=O)[O-])cc2C)c1C. The van der Waals surface area contributed by atoms with Crippen LogP contribution in [0.3, 0.4) is 0 Å². The van der Waals surface area contributed by atoms with Crippen LogP contribution in [-0.4, -0.2) is 9.49 Å². The zero-order chi connectivity index (χ0) is 15.6. The normalized spacial score (nSPS) is 10.7. The van der Waals surface area contributed by atoms with Crippen molar-refractivity contribution in [1.29, 1.82) is 0 Å². The average molecular weight is 287 g/mol. The van der Waals surface area contributed by atoms with Crippen molar-refractivity contribution in [2.24, 2.45) is 0 Å². The van der Waals surface area contributed by atoms with E-state index in [1.54, 1.807) is 12.1 Å². The molecule has 0 aliphatic carbocycles. The predicted octanol–water partition coefficient (Wildman–Crippen LogP) is 3.95. The summed E-state index contributed by atoms with van der Waals surface area (Å²) in [6, 6.07) is 7.08. The maximum absolute atomic E-state index is 10.7. The van der Waals surface area contributed by atoms with Crippen LogP contribution in [0.25, 0.3) is 0 Å². The Morgan fingerprint density at radius 3 is 2.48 bits per heavy atom. The average Bonchev–Trinajstić information content (AvgIpc) is 2.71. The summed E-state index contributed by atoms with van der Waals surface area (Å²) in [4.78, 5) is 10.4. The largest absolute Gasteiger partial charge is 0.381 e. The third kappa shape index (κ3) is 3.07. The molecule has 0 bridgehead atoms. The first-order valence-electron chi connectivity index (χ1n) is 7.08. The molecule has 0 spiro atoms. The Hall–Kier alpha value is -2.30. The maximum Gasteiger partial charge on any atom is 0.269 e. The highest BCUT2D eigenvalue weighted by molar-refractivity contribution is 5.55. The molecule has 0 aliphatic heterocycles. The fraction of sp³-hybridized carbons (Fsp3) is 0.375. The second-order valence-corrected chi connectivity index (χ2v) is 5.25. The van der Waals surface area contributed by atoms with Crippen LogP contribution in [0.15, 0.2) is 24.3 Å². The van der Waals surface area contributed by atoms with Crippen LogP contribution in [0, 0.1) is 30.9 Å². The summed E-state index contributed by atoms with van der Waals surface area (Å²) in [5, 5.41) is 14.1. The fourth-order valence-corrected chi connectivity index (χ4v) is 2.69. The van der Waals surface area contributed by atoms with Gasteiger partial charge in [-0.2, -0.15) is 0 Å². The number of nitro benzene ring substituents is 1. The van der Waals surface area contributed by atoms with Gasteiger partial charge in [-0.15, -0.1) is 0 Å². The number of nitro groups is 1. The van der Waals surface area contributed by atoms with E-state index in [-0.39, 0.29) is 10.6 Å². The van der Waals surface area contributed by atoms with Crippen LogP contribution in [0.5, 0.6) is 0 Å². The summed E-state index contributed by atoms with van der Waals surface area (Å²) < 4.78 is 2.28. The Labute approximate surface area is 124 Å². The number of aryl methyl sites for hydroxylation is 2. The molecule has 0 fully saturated rings. The number of benzene rings is 1. The molecule has 0 aliphatic rings. The lowest BCUT2D eigenvalue weighted by atomic mass is 10.1. The first-order chi connectivity index (χ1) is 9.93. The van der Waals surface area contributed by atoms with E-state index in [4.69, 9.17) is 0 Å². The Balaban J connectivity index is 2.15. The third-order valence-corrected chi connectivity index (χ3v) is 3.88. The van der Waals surface area contributed by atoms with Crippen LogP contribution in [0.1, 0.15) is 29.4 Å². The van der Waals surface area contributed by atoms with Gasteiger partial charge >= 0.3 is 0 Å². The first kappa shape index (κ1) is 15.1. The van der Waals surface area contributed by atoms with Gasteiger partial charge in [-0.05, 0) is 51.0 Å². The number of anilines is 1. The number of rotatable bonds is 5. The van der Waals surface area contributed by atoms with Gasteiger partial charge in [-0.1, -0.05) is 0 Å². The minimum atomic E-state index is -0.369. The zero-order valence-corrected chi connectivity index (χ0v) is 12.9. The van der Waals surface area contributed by atoms with Crippen molar-refractivity contribution in [2.45, 2.75) is 40.8 Å². The molecule has 21 heavy (non-hydrogen) atoms. The standard InChI is InChI=1S/C16H21N3O2/c1-5-18-12(3)9-14(13(18)4)10-17-16-7-6-15(19(20)21)8-11(16)2/h6-9,17H,5,10H2,1-4H3. The molecular formula is C16H21N3O2. The van der Waals surface area contributed by atoms with E-state index >= 15 is 0 Å². The molecule has 0 amide bonds. The van der Waals surface area contributed by atoms with Crippen LogP contribution in [0.4, 0.5) is 11.4 Å². The molecule has 0 radical (unpaired) electrons. The molecule has 0 saturated heterocycles. The fourth-order valence-electron chi connectivity index (χ4n) is 2.69. The second-order valence-electron chi connectivity index (χ2n) is 5.25. The summed E-state index contributed by atoms with van der Waals surface area (Å²) in [6.45, 7) is 9.93. The van der Waals surface area contributed by atoms with Gasteiger partial charge in [-0.25, -0.2) is 0 Å². The van der Waals surface area contributed by atoms with Crippen LogP contribution >= 0.6 is 0 Å². The Morgan fingerprint density at radius 2 is 1.95 bits per heavy atom. The number of nitrogens with one attached hydrogen (secondary N) is 1. The molecule has 112 valence electrons.